The number of ether oxygens (including phenoxy) is 4. The van der Waals surface area contributed by atoms with Crippen LogP contribution in [0.3, 0.4) is 0 Å². The van der Waals surface area contributed by atoms with Crippen LogP contribution in [-0.2, 0) is 38.1 Å². The van der Waals surface area contributed by atoms with Crippen LogP contribution in [0.5, 0.6) is 0 Å². The Bertz CT molecular complexity index is 2070. The Morgan fingerprint density at radius 1 is 0.463 bits per heavy atom. The molecule has 0 amide bonds. The first-order valence-corrected chi connectivity index (χ1v) is 24.9. The van der Waals surface area contributed by atoms with Gasteiger partial charge in [0.2, 0.25) is 0 Å². The van der Waals surface area contributed by atoms with Gasteiger partial charge in [-0.05, 0) is 165 Å². The third kappa shape index (κ3) is 21.2. The molecule has 0 heterocycles. The Labute approximate surface area is 404 Å². The van der Waals surface area contributed by atoms with Crippen LogP contribution in [0, 0.1) is 11.8 Å². The van der Waals surface area contributed by atoms with Gasteiger partial charge in [-0.1, -0.05) is 105 Å². The SMILES string of the molecule is COC(=O)C1=C(C(=O)OCC2CC=C(CC/C=C(/C)CCC=C(C)C)CC2COC(=O)C2=C(C(=O)OC)CC=C(CC/C=C(/C)CCC=C(C)C)C2)CC=C(CC/C=C(/C)CCC=C(C)C)C1. The van der Waals surface area contributed by atoms with Gasteiger partial charge in [-0.2, -0.15) is 0 Å². The van der Waals surface area contributed by atoms with Crippen LogP contribution in [0.15, 0.2) is 127 Å². The minimum Gasteiger partial charge on any atom is -0.466 e. The lowest BCUT2D eigenvalue weighted by Gasteiger charge is -2.31. The third-order valence-corrected chi connectivity index (χ3v) is 13.0. The summed E-state index contributed by atoms with van der Waals surface area (Å²) >= 11 is 0. The molecule has 0 radical (unpaired) electrons. The molecule has 8 nitrogen and oxygen atoms in total. The molecular formula is C59H84O8. The quantitative estimate of drug-likeness (QED) is 0.0480. The lowest BCUT2D eigenvalue weighted by Crippen LogP contribution is -2.30. The Kier molecular flexibility index (Phi) is 25.6. The Morgan fingerprint density at radius 2 is 0.836 bits per heavy atom. The van der Waals surface area contributed by atoms with E-state index in [1.807, 2.05) is 6.08 Å². The van der Waals surface area contributed by atoms with Gasteiger partial charge in [0.05, 0.1) is 49.7 Å². The molecule has 0 saturated carbocycles. The lowest BCUT2D eigenvalue weighted by atomic mass is 9.79. The van der Waals surface area contributed by atoms with E-state index in [0.717, 1.165) is 88.2 Å². The zero-order chi connectivity index (χ0) is 49.3. The summed E-state index contributed by atoms with van der Waals surface area (Å²) in [6, 6.07) is 0. The minimum absolute atomic E-state index is 0.115. The molecule has 0 spiro atoms. The van der Waals surface area contributed by atoms with Gasteiger partial charge in [0.15, 0.2) is 0 Å². The molecule has 3 aliphatic carbocycles. The normalized spacial score (nSPS) is 18.0. The average molecular weight is 921 g/mol. The monoisotopic (exact) mass is 921 g/mol. The van der Waals surface area contributed by atoms with E-state index in [4.69, 9.17) is 18.9 Å². The number of rotatable bonds is 26. The number of hydrogen-bond donors (Lipinski definition) is 0. The second-order valence-electron chi connectivity index (χ2n) is 19.6. The van der Waals surface area contributed by atoms with Crippen molar-refractivity contribution in [2.75, 3.05) is 27.4 Å². The highest BCUT2D eigenvalue weighted by atomic mass is 16.5. The summed E-state index contributed by atoms with van der Waals surface area (Å²) in [5.41, 5.74) is 12.9. The second-order valence-corrected chi connectivity index (χ2v) is 19.6. The smallest absolute Gasteiger partial charge is 0.334 e. The fraction of sp³-hybridized carbons (Fsp3) is 0.559. The highest BCUT2D eigenvalue weighted by Gasteiger charge is 2.32. The minimum atomic E-state index is -0.517. The largest absolute Gasteiger partial charge is 0.466 e. The first-order valence-electron chi connectivity index (χ1n) is 24.9. The number of methoxy groups -OCH3 is 2. The summed E-state index contributed by atoms with van der Waals surface area (Å²) in [7, 11) is 2.68. The first-order chi connectivity index (χ1) is 32.0. The van der Waals surface area contributed by atoms with Crippen molar-refractivity contribution in [2.45, 2.75) is 178 Å². The molecule has 8 heteroatoms. The van der Waals surface area contributed by atoms with Crippen LogP contribution in [-0.4, -0.2) is 51.3 Å². The molecule has 0 aromatic rings. The van der Waals surface area contributed by atoms with Crippen molar-refractivity contribution >= 4 is 23.9 Å². The number of carbonyl (C=O) groups is 4. The van der Waals surface area contributed by atoms with Crippen molar-refractivity contribution in [3.63, 3.8) is 0 Å². The van der Waals surface area contributed by atoms with Gasteiger partial charge in [-0.25, -0.2) is 19.2 Å². The van der Waals surface area contributed by atoms with Crippen molar-refractivity contribution < 1.29 is 38.1 Å². The van der Waals surface area contributed by atoms with E-state index >= 15 is 0 Å². The van der Waals surface area contributed by atoms with Crippen molar-refractivity contribution in [3.05, 3.63) is 127 Å². The molecule has 3 aliphatic rings. The molecule has 0 saturated heterocycles. The van der Waals surface area contributed by atoms with E-state index in [-0.39, 0.29) is 25.0 Å². The molecule has 67 heavy (non-hydrogen) atoms. The number of allylic oxidation sites excluding steroid dienone is 18. The molecule has 0 fully saturated rings. The second kappa shape index (κ2) is 30.4. The summed E-state index contributed by atoms with van der Waals surface area (Å²) in [4.78, 5) is 53.9. The standard InChI is InChI=1S/C59H84O8/c1-41(2)18-12-21-44(7)24-15-27-47-30-33-50(39-66-58(62)53-35-32-48(37-54(53)57(61)65-11)28-16-25-45(8)22-13-19-42(3)4)51(36-47)40-67-59(63)55-38-49(31-34-52(55)56(60)64-10)29-17-26-46(9)23-14-20-43(5)6/h18-20,24-26,30-32,50-51H,12-17,21-23,27-29,33-40H2,1-11H3/b44-24-,45-25-,46-26-. The summed E-state index contributed by atoms with van der Waals surface area (Å²) in [5.74, 6) is -2.29. The zero-order valence-corrected chi connectivity index (χ0v) is 43.3. The maximum atomic E-state index is 14.0. The average Bonchev–Trinajstić information content (AvgIpc) is 3.29. The van der Waals surface area contributed by atoms with Gasteiger partial charge in [0, 0.05) is 24.7 Å². The van der Waals surface area contributed by atoms with E-state index in [1.54, 1.807) is 0 Å². The van der Waals surface area contributed by atoms with Gasteiger partial charge in [-0.15, -0.1) is 0 Å². The molecular weight excluding hydrogens is 837 g/mol. The molecule has 0 aliphatic heterocycles. The lowest BCUT2D eigenvalue weighted by molar-refractivity contribution is -0.146. The Morgan fingerprint density at radius 3 is 1.27 bits per heavy atom. The summed E-state index contributed by atoms with van der Waals surface area (Å²) < 4.78 is 22.5. The van der Waals surface area contributed by atoms with E-state index < -0.39 is 23.9 Å². The Hall–Kier alpha value is -4.98. The van der Waals surface area contributed by atoms with E-state index in [9.17, 15) is 19.2 Å². The van der Waals surface area contributed by atoms with Gasteiger partial charge >= 0.3 is 23.9 Å². The summed E-state index contributed by atoms with van der Waals surface area (Å²) in [6.07, 6.45) is 33.9. The topological polar surface area (TPSA) is 105 Å². The van der Waals surface area contributed by atoms with Gasteiger partial charge in [0.1, 0.15) is 0 Å². The van der Waals surface area contributed by atoms with Gasteiger partial charge in [-0.3, -0.25) is 0 Å². The van der Waals surface area contributed by atoms with E-state index in [2.05, 4.69) is 111 Å². The van der Waals surface area contributed by atoms with Crippen LogP contribution in [0.25, 0.3) is 0 Å². The maximum absolute atomic E-state index is 14.0. The highest BCUT2D eigenvalue weighted by Crippen LogP contribution is 2.36. The summed E-state index contributed by atoms with van der Waals surface area (Å²) in [6.45, 7) is 19.4. The maximum Gasteiger partial charge on any atom is 0.334 e. The summed E-state index contributed by atoms with van der Waals surface area (Å²) in [5, 5.41) is 0. The molecule has 2 unspecified atom stereocenters. The van der Waals surface area contributed by atoms with Gasteiger partial charge in [0.25, 0.3) is 0 Å². The molecule has 3 rings (SSSR count). The molecule has 2 atom stereocenters. The van der Waals surface area contributed by atoms with Crippen molar-refractivity contribution in [2.24, 2.45) is 11.8 Å². The van der Waals surface area contributed by atoms with E-state index in [0.29, 0.717) is 60.8 Å². The highest BCUT2D eigenvalue weighted by molar-refractivity contribution is 6.02. The van der Waals surface area contributed by atoms with Crippen molar-refractivity contribution in [1.82, 2.24) is 0 Å². The first kappa shape index (κ1) is 56.3. The Balaban J connectivity index is 1.75. The fourth-order valence-corrected chi connectivity index (χ4v) is 8.81. The molecule has 368 valence electrons. The van der Waals surface area contributed by atoms with Crippen LogP contribution in [0.2, 0.25) is 0 Å². The number of hydrogen-bond acceptors (Lipinski definition) is 8. The van der Waals surface area contributed by atoms with Crippen LogP contribution in [0.4, 0.5) is 0 Å². The fourth-order valence-electron chi connectivity index (χ4n) is 8.81. The predicted octanol–water partition coefficient (Wildman–Crippen LogP) is 14.8. The van der Waals surface area contributed by atoms with Crippen molar-refractivity contribution in [3.8, 4) is 0 Å². The third-order valence-electron chi connectivity index (χ3n) is 13.0. The number of esters is 4. The van der Waals surface area contributed by atoms with E-state index in [1.165, 1.54) is 53.2 Å². The van der Waals surface area contributed by atoms with Crippen LogP contribution < -0.4 is 0 Å². The number of carbonyl (C=O) groups excluding carboxylic acids is 4. The molecule has 0 aromatic heterocycles. The zero-order valence-electron chi connectivity index (χ0n) is 43.3. The molecule has 0 bridgehead atoms. The van der Waals surface area contributed by atoms with Crippen LogP contribution >= 0.6 is 0 Å². The van der Waals surface area contributed by atoms with Gasteiger partial charge < -0.3 is 18.9 Å². The molecule has 0 N–H and O–H groups in total. The van der Waals surface area contributed by atoms with Crippen molar-refractivity contribution in [1.29, 1.82) is 0 Å². The predicted molar refractivity (Wildman–Crippen MR) is 274 cm³/mol. The van der Waals surface area contributed by atoms with Crippen LogP contribution in [0.1, 0.15) is 178 Å². The molecule has 0 aromatic carbocycles.